The molecule has 4 nitrogen and oxygen atoms in total. The van der Waals surface area contributed by atoms with Gasteiger partial charge in [0.05, 0.1) is 6.04 Å². The second-order valence-corrected chi connectivity index (χ2v) is 4.43. The number of nitrogens with zero attached hydrogens (tertiary/aromatic N) is 1. The van der Waals surface area contributed by atoms with Crippen molar-refractivity contribution in [3.63, 3.8) is 0 Å². The van der Waals surface area contributed by atoms with E-state index in [-0.39, 0.29) is 11.7 Å². The zero-order chi connectivity index (χ0) is 13.7. The van der Waals surface area contributed by atoms with E-state index in [1.165, 1.54) is 11.8 Å². The van der Waals surface area contributed by atoms with Crippen molar-refractivity contribution in [3.8, 4) is 0 Å². The monoisotopic (exact) mass is 248 g/mol. The number of amides is 1. The summed E-state index contributed by atoms with van der Waals surface area (Å²) in [6, 6.07) is 7.01. The van der Waals surface area contributed by atoms with Crippen LogP contribution in [-0.2, 0) is 11.3 Å². The third kappa shape index (κ3) is 3.40. The van der Waals surface area contributed by atoms with Gasteiger partial charge >= 0.3 is 0 Å². The molecule has 0 aromatic heterocycles. The molecule has 4 heteroatoms. The minimum Gasteiger partial charge on any atom is -0.332 e. The summed E-state index contributed by atoms with van der Waals surface area (Å²) < 4.78 is 0. The van der Waals surface area contributed by atoms with E-state index >= 15 is 0 Å². The van der Waals surface area contributed by atoms with Crippen molar-refractivity contribution in [2.75, 3.05) is 14.1 Å². The second kappa shape index (κ2) is 6.31. The van der Waals surface area contributed by atoms with E-state index < -0.39 is 6.04 Å². The number of ketones is 1. The average molecular weight is 248 g/mol. The van der Waals surface area contributed by atoms with Crippen LogP contribution in [0.2, 0.25) is 0 Å². The Kier molecular flexibility index (Phi) is 5.04. The zero-order valence-corrected chi connectivity index (χ0v) is 11.4. The van der Waals surface area contributed by atoms with Crippen LogP contribution in [0.3, 0.4) is 0 Å². The molecule has 0 radical (unpaired) electrons. The van der Waals surface area contributed by atoms with Crippen LogP contribution in [-0.4, -0.2) is 36.7 Å². The molecule has 1 aromatic rings. The lowest BCUT2D eigenvalue weighted by atomic mass is 10.1. The van der Waals surface area contributed by atoms with E-state index in [0.717, 1.165) is 12.1 Å². The molecule has 0 bridgehead atoms. The Morgan fingerprint density at radius 1 is 1.28 bits per heavy atom. The summed E-state index contributed by atoms with van der Waals surface area (Å²) in [5, 5.41) is 3.05. The second-order valence-electron chi connectivity index (χ2n) is 4.43. The van der Waals surface area contributed by atoms with E-state index in [1.54, 1.807) is 26.1 Å². The molecule has 0 saturated carbocycles. The van der Waals surface area contributed by atoms with Crippen LogP contribution in [0.15, 0.2) is 24.3 Å². The number of likely N-dealkylation sites (N-methyl/N-ethyl adjacent to an activating group) is 1. The van der Waals surface area contributed by atoms with Crippen LogP contribution in [0.5, 0.6) is 0 Å². The van der Waals surface area contributed by atoms with E-state index in [2.05, 4.69) is 5.32 Å². The first kappa shape index (κ1) is 14.4. The fourth-order valence-electron chi connectivity index (χ4n) is 1.62. The Labute approximate surface area is 108 Å². The van der Waals surface area contributed by atoms with Crippen molar-refractivity contribution in [2.24, 2.45) is 0 Å². The molecule has 1 atom stereocenters. The van der Waals surface area contributed by atoms with Crippen LogP contribution in [0.1, 0.15) is 29.8 Å². The minimum absolute atomic E-state index is 0.0161. The van der Waals surface area contributed by atoms with Gasteiger partial charge in [-0.15, -0.1) is 0 Å². The van der Waals surface area contributed by atoms with Crippen LogP contribution in [0.25, 0.3) is 0 Å². The Bertz CT molecular complexity index is 426. The number of hydrogen-bond acceptors (Lipinski definition) is 3. The predicted octanol–water partition coefficient (Wildman–Crippen LogP) is 1.46. The molecular formula is C14H20N2O2. The first-order chi connectivity index (χ1) is 8.47. The molecule has 0 saturated heterocycles. The molecule has 0 aliphatic carbocycles. The molecule has 18 heavy (non-hydrogen) atoms. The third-order valence-corrected chi connectivity index (χ3v) is 3.07. The number of rotatable bonds is 5. The molecule has 1 rings (SSSR count). The van der Waals surface area contributed by atoms with Gasteiger partial charge in [0.2, 0.25) is 0 Å². The van der Waals surface area contributed by atoms with Crippen molar-refractivity contribution in [1.29, 1.82) is 0 Å². The van der Waals surface area contributed by atoms with Crippen molar-refractivity contribution >= 4 is 11.7 Å². The highest BCUT2D eigenvalue weighted by Gasteiger charge is 2.20. The summed E-state index contributed by atoms with van der Waals surface area (Å²) in [5.41, 5.74) is 1.72. The van der Waals surface area contributed by atoms with E-state index in [4.69, 9.17) is 0 Å². The SMILES string of the molecule is CNCc1ccc(C(=O)N(C)C(C)C(C)=O)cc1. The Hall–Kier alpha value is -1.68. The standard InChI is InChI=1S/C14H20N2O2/c1-10(11(2)17)16(4)14(18)13-7-5-12(6-8-13)9-15-3/h5-8,10,15H,9H2,1-4H3. The van der Waals surface area contributed by atoms with Gasteiger partial charge in [-0.1, -0.05) is 12.1 Å². The van der Waals surface area contributed by atoms with Gasteiger partial charge in [-0.2, -0.15) is 0 Å². The molecular weight excluding hydrogens is 228 g/mol. The van der Waals surface area contributed by atoms with Crippen molar-refractivity contribution in [2.45, 2.75) is 26.4 Å². The average Bonchev–Trinajstić information content (AvgIpc) is 2.37. The molecule has 0 heterocycles. The van der Waals surface area contributed by atoms with Gasteiger partial charge in [-0.25, -0.2) is 0 Å². The van der Waals surface area contributed by atoms with Gasteiger partial charge in [0.25, 0.3) is 5.91 Å². The zero-order valence-electron chi connectivity index (χ0n) is 11.4. The Balaban J connectivity index is 2.80. The van der Waals surface area contributed by atoms with Gasteiger partial charge < -0.3 is 10.2 Å². The number of hydrogen-bond donors (Lipinski definition) is 1. The first-order valence-electron chi connectivity index (χ1n) is 5.98. The molecule has 1 N–H and O–H groups in total. The minimum atomic E-state index is -0.394. The van der Waals surface area contributed by atoms with Crippen LogP contribution in [0.4, 0.5) is 0 Å². The lowest BCUT2D eigenvalue weighted by Gasteiger charge is -2.22. The Morgan fingerprint density at radius 3 is 2.28 bits per heavy atom. The number of benzene rings is 1. The number of carbonyl (C=O) groups excluding carboxylic acids is 2. The molecule has 1 unspecified atom stereocenters. The molecule has 1 amide bonds. The van der Waals surface area contributed by atoms with Gasteiger partial charge in [0.1, 0.15) is 0 Å². The predicted molar refractivity (Wildman–Crippen MR) is 71.4 cm³/mol. The van der Waals surface area contributed by atoms with Crippen LogP contribution in [0, 0.1) is 0 Å². The van der Waals surface area contributed by atoms with Crippen molar-refractivity contribution < 1.29 is 9.59 Å². The molecule has 0 aliphatic heterocycles. The molecule has 0 spiro atoms. The van der Waals surface area contributed by atoms with Gasteiger partial charge in [-0.3, -0.25) is 9.59 Å². The summed E-state index contributed by atoms with van der Waals surface area (Å²) in [7, 11) is 3.53. The van der Waals surface area contributed by atoms with Gasteiger partial charge in [0.15, 0.2) is 5.78 Å². The van der Waals surface area contributed by atoms with Crippen molar-refractivity contribution in [3.05, 3.63) is 35.4 Å². The summed E-state index contributed by atoms with van der Waals surface area (Å²) in [4.78, 5) is 24.8. The third-order valence-electron chi connectivity index (χ3n) is 3.07. The molecule has 98 valence electrons. The van der Waals surface area contributed by atoms with Gasteiger partial charge in [-0.05, 0) is 38.6 Å². The van der Waals surface area contributed by atoms with E-state index in [0.29, 0.717) is 5.56 Å². The fourth-order valence-corrected chi connectivity index (χ4v) is 1.62. The largest absolute Gasteiger partial charge is 0.332 e. The highest BCUT2D eigenvalue weighted by Crippen LogP contribution is 2.09. The maximum atomic E-state index is 12.1. The summed E-state index contributed by atoms with van der Waals surface area (Å²) in [6.07, 6.45) is 0. The van der Waals surface area contributed by atoms with E-state index in [9.17, 15) is 9.59 Å². The lowest BCUT2D eigenvalue weighted by molar-refractivity contribution is -0.120. The highest BCUT2D eigenvalue weighted by atomic mass is 16.2. The Morgan fingerprint density at radius 2 is 1.83 bits per heavy atom. The topological polar surface area (TPSA) is 49.4 Å². The summed E-state index contributed by atoms with van der Waals surface area (Å²) in [5.74, 6) is -0.147. The summed E-state index contributed by atoms with van der Waals surface area (Å²) in [6.45, 7) is 3.99. The summed E-state index contributed by atoms with van der Waals surface area (Å²) >= 11 is 0. The highest BCUT2D eigenvalue weighted by molar-refractivity contribution is 5.97. The number of nitrogens with one attached hydrogen (secondary N) is 1. The van der Waals surface area contributed by atoms with Crippen LogP contribution >= 0.6 is 0 Å². The first-order valence-corrected chi connectivity index (χ1v) is 5.98. The quantitative estimate of drug-likeness (QED) is 0.858. The van der Waals surface area contributed by atoms with Gasteiger partial charge in [0, 0.05) is 19.2 Å². The van der Waals surface area contributed by atoms with Crippen LogP contribution < -0.4 is 5.32 Å². The normalized spacial score (nSPS) is 12.0. The van der Waals surface area contributed by atoms with Crippen molar-refractivity contribution in [1.82, 2.24) is 10.2 Å². The fraction of sp³-hybridized carbons (Fsp3) is 0.429. The number of carbonyl (C=O) groups is 2. The molecule has 0 fully saturated rings. The van der Waals surface area contributed by atoms with E-state index in [1.807, 2.05) is 19.2 Å². The maximum Gasteiger partial charge on any atom is 0.254 e. The molecule has 1 aromatic carbocycles. The lowest BCUT2D eigenvalue weighted by Crippen LogP contribution is -2.39. The number of Topliss-reactive ketones (excluding diaryl/α,β-unsaturated/α-hetero) is 1. The smallest absolute Gasteiger partial charge is 0.254 e. The molecule has 0 aliphatic rings. The maximum absolute atomic E-state index is 12.1.